The molecule has 4 nitrogen and oxygen atoms in total. The highest BCUT2D eigenvalue weighted by atomic mass is 16.6. The lowest BCUT2D eigenvalue weighted by molar-refractivity contribution is 0.00603. The first-order chi connectivity index (χ1) is 8.37. The second-order valence-electron chi connectivity index (χ2n) is 5.05. The summed E-state index contributed by atoms with van der Waals surface area (Å²) in [7, 11) is 0. The topological polar surface area (TPSA) is 59.4 Å². The summed E-state index contributed by atoms with van der Waals surface area (Å²) in [6.45, 7) is 5.30. The largest absolute Gasteiger partial charge is 0.505 e. The maximum absolute atomic E-state index is 11.9. The number of benzene rings is 1. The molecular formula is C14H15NO3. The molecule has 18 heavy (non-hydrogen) atoms. The minimum atomic E-state index is -0.620. The average molecular weight is 245 g/mol. The zero-order chi connectivity index (χ0) is 13.3. The molecule has 0 amide bonds. The summed E-state index contributed by atoms with van der Waals surface area (Å²) in [6.07, 6.45) is 0. The van der Waals surface area contributed by atoms with E-state index in [1.54, 1.807) is 26.8 Å². The maximum atomic E-state index is 11.9. The Bertz CT molecular complexity index is 600. The number of aromatic nitrogens is 1. The Kier molecular flexibility index (Phi) is 2.95. The van der Waals surface area contributed by atoms with Crippen LogP contribution < -0.4 is 0 Å². The minimum absolute atomic E-state index is 0.0522. The van der Waals surface area contributed by atoms with Crippen LogP contribution in [0, 0.1) is 0 Å². The molecule has 0 fully saturated rings. The normalized spacial score (nSPS) is 11.5. The maximum Gasteiger partial charge on any atom is 0.361 e. The molecule has 0 bridgehead atoms. The Hall–Kier alpha value is -2.10. The van der Waals surface area contributed by atoms with E-state index in [0.717, 1.165) is 5.39 Å². The van der Waals surface area contributed by atoms with E-state index in [1.165, 1.54) is 6.07 Å². The van der Waals surface area contributed by atoms with E-state index in [-0.39, 0.29) is 11.4 Å². The second-order valence-corrected chi connectivity index (χ2v) is 5.05. The Balaban J connectivity index is 2.45. The number of aromatic hydroxyl groups is 1. The Labute approximate surface area is 105 Å². The summed E-state index contributed by atoms with van der Waals surface area (Å²) in [5.41, 5.74) is -0.0172. The fourth-order valence-corrected chi connectivity index (χ4v) is 1.58. The van der Waals surface area contributed by atoms with E-state index < -0.39 is 11.6 Å². The van der Waals surface area contributed by atoms with Crippen LogP contribution in [-0.2, 0) is 4.74 Å². The van der Waals surface area contributed by atoms with Gasteiger partial charge in [0.15, 0.2) is 5.69 Å². The highest BCUT2D eigenvalue weighted by molar-refractivity contribution is 5.94. The fourth-order valence-electron chi connectivity index (χ4n) is 1.58. The van der Waals surface area contributed by atoms with Crippen molar-refractivity contribution in [3.63, 3.8) is 0 Å². The van der Waals surface area contributed by atoms with Crippen LogP contribution in [0.25, 0.3) is 10.9 Å². The zero-order valence-electron chi connectivity index (χ0n) is 10.6. The summed E-state index contributed by atoms with van der Waals surface area (Å²) in [5.74, 6) is -0.784. The van der Waals surface area contributed by atoms with Crippen LogP contribution in [0.3, 0.4) is 0 Å². The van der Waals surface area contributed by atoms with Crippen LogP contribution >= 0.6 is 0 Å². The van der Waals surface area contributed by atoms with Gasteiger partial charge in [-0.1, -0.05) is 18.2 Å². The van der Waals surface area contributed by atoms with Crippen LogP contribution in [0.15, 0.2) is 30.3 Å². The Morgan fingerprint density at radius 1 is 1.28 bits per heavy atom. The van der Waals surface area contributed by atoms with Crippen molar-refractivity contribution in [1.82, 2.24) is 4.98 Å². The number of ether oxygens (including phenoxy) is 1. The number of fused-ring (bicyclic) bond motifs is 1. The van der Waals surface area contributed by atoms with Gasteiger partial charge in [-0.25, -0.2) is 9.78 Å². The summed E-state index contributed by atoms with van der Waals surface area (Å²) in [4.78, 5) is 16.0. The van der Waals surface area contributed by atoms with E-state index >= 15 is 0 Å². The first kappa shape index (κ1) is 12.4. The van der Waals surface area contributed by atoms with Gasteiger partial charge in [-0.05, 0) is 32.9 Å². The van der Waals surface area contributed by atoms with Crippen molar-refractivity contribution >= 4 is 16.9 Å². The number of hydrogen-bond donors (Lipinski definition) is 1. The first-order valence-electron chi connectivity index (χ1n) is 5.69. The smallest absolute Gasteiger partial charge is 0.361 e. The number of carbonyl (C=O) groups excluding carboxylic acids is 1. The van der Waals surface area contributed by atoms with Crippen LogP contribution in [0.2, 0.25) is 0 Å². The van der Waals surface area contributed by atoms with E-state index in [0.29, 0.717) is 5.52 Å². The molecule has 0 saturated heterocycles. The molecule has 1 aromatic carbocycles. The molecule has 2 aromatic rings. The van der Waals surface area contributed by atoms with Crippen molar-refractivity contribution in [2.45, 2.75) is 26.4 Å². The molecule has 0 aliphatic rings. The predicted molar refractivity (Wildman–Crippen MR) is 68.6 cm³/mol. The summed E-state index contributed by atoms with van der Waals surface area (Å²) >= 11 is 0. The number of carbonyl (C=O) groups is 1. The van der Waals surface area contributed by atoms with Gasteiger partial charge in [-0.3, -0.25) is 0 Å². The molecule has 0 aliphatic carbocycles. The molecule has 1 aromatic heterocycles. The van der Waals surface area contributed by atoms with Crippen molar-refractivity contribution in [2.24, 2.45) is 0 Å². The van der Waals surface area contributed by atoms with Gasteiger partial charge in [0.25, 0.3) is 0 Å². The molecule has 0 unspecified atom stereocenters. The predicted octanol–water partition coefficient (Wildman–Crippen LogP) is 2.90. The second kappa shape index (κ2) is 4.29. The number of hydrogen-bond acceptors (Lipinski definition) is 4. The number of esters is 1. The number of rotatable bonds is 1. The third kappa shape index (κ3) is 2.59. The van der Waals surface area contributed by atoms with Crippen molar-refractivity contribution < 1.29 is 14.6 Å². The molecule has 2 rings (SSSR count). The van der Waals surface area contributed by atoms with Gasteiger partial charge in [-0.2, -0.15) is 0 Å². The van der Waals surface area contributed by atoms with Crippen LogP contribution in [0.1, 0.15) is 31.3 Å². The Morgan fingerprint density at radius 2 is 1.94 bits per heavy atom. The zero-order valence-corrected chi connectivity index (χ0v) is 10.6. The highest BCUT2D eigenvalue weighted by Crippen LogP contribution is 2.23. The van der Waals surface area contributed by atoms with E-state index in [9.17, 15) is 9.90 Å². The lowest BCUT2D eigenvalue weighted by atomic mass is 10.1. The monoisotopic (exact) mass is 245 g/mol. The van der Waals surface area contributed by atoms with Gasteiger partial charge in [0.2, 0.25) is 0 Å². The van der Waals surface area contributed by atoms with Crippen molar-refractivity contribution in [2.75, 3.05) is 0 Å². The molecule has 0 atom stereocenters. The molecular weight excluding hydrogens is 230 g/mol. The number of para-hydroxylation sites is 1. The minimum Gasteiger partial charge on any atom is -0.505 e. The molecule has 0 spiro atoms. The third-order valence-corrected chi connectivity index (χ3v) is 2.30. The van der Waals surface area contributed by atoms with Crippen molar-refractivity contribution in [1.29, 1.82) is 0 Å². The van der Waals surface area contributed by atoms with Gasteiger partial charge >= 0.3 is 5.97 Å². The molecule has 0 aliphatic heterocycles. The lowest BCUT2D eigenvalue weighted by Crippen LogP contribution is -2.24. The van der Waals surface area contributed by atoms with Gasteiger partial charge in [0.1, 0.15) is 11.4 Å². The van der Waals surface area contributed by atoms with Crippen molar-refractivity contribution in [3.05, 3.63) is 36.0 Å². The van der Waals surface area contributed by atoms with Gasteiger partial charge in [0, 0.05) is 5.39 Å². The van der Waals surface area contributed by atoms with E-state index in [2.05, 4.69) is 4.98 Å². The lowest BCUT2D eigenvalue weighted by Gasteiger charge is -2.19. The summed E-state index contributed by atoms with van der Waals surface area (Å²) in [6, 6.07) is 8.78. The SMILES string of the molecule is CC(C)(C)OC(=O)c1nc2ccccc2cc1O. The fraction of sp³-hybridized carbons (Fsp3) is 0.286. The third-order valence-electron chi connectivity index (χ3n) is 2.30. The molecule has 94 valence electrons. The number of nitrogens with zero attached hydrogens (tertiary/aromatic N) is 1. The van der Waals surface area contributed by atoms with Gasteiger partial charge < -0.3 is 9.84 Å². The van der Waals surface area contributed by atoms with E-state index in [4.69, 9.17) is 4.74 Å². The van der Waals surface area contributed by atoms with Crippen LogP contribution in [0.4, 0.5) is 0 Å². The summed E-state index contributed by atoms with van der Waals surface area (Å²) in [5, 5.41) is 10.6. The molecule has 0 saturated carbocycles. The standard InChI is InChI=1S/C14H15NO3/c1-14(2,3)18-13(17)12-11(16)8-9-6-4-5-7-10(9)15-12/h4-8,16H,1-3H3. The Morgan fingerprint density at radius 3 is 2.61 bits per heavy atom. The molecule has 1 N–H and O–H groups in total. The van der Waals surface area contributed by atoms with Gasteiger partial charge in [0.05, 0.1) is 5.52 Å². The van der Waals surface area contributed by atoms with Crippen LogP contribution in [-0.4, -0.2) is 21.7 Å². The molecule has 0 radical (unpaired) electrons. The highest BCUT2D eigenvalue weighted by Gasteiger charge is 2.22. The molecule has 4 heteroatoms. The average Bonchev–Trinajstić information content (AvgIpc) is 2.25. The van der Waals surface area contributed by atoms with E-state index in [1.807, 2.05) is 18.2 Å². The van der Waals surface area contributed by atoms with Crippen molar-refractivity contribution in [3.8, 4) is 5.75 Å². The molecule has 1 heterocycles. The number of pyridine rings is 1. The van der Waals surface area contributed by atoms with Gasteiger partial charge in [-0.15, -0.1) is 0 Å². The van der Waals surface area contributed by atoms with Crippen LogP contribution in [0.5, 0.6) is 5.75 Å². The first-order valence-corrected chi connectivity index (χ1v) is 5.69. The quantitative estimate of drug-likeness (QED) is 0.785. The summed E-state index contributed by atoms with van der Waals surface area (Å²) < 4.78 is 5.19.